The molecule has 0 saturated heterocycles. The summed E-state index contributed by atoms with van der Waals surface area (Å²) in [6, 6.07) is 0. The lowest BCUT2D eigenvalue weighted by Crippen LogP contribution is -2.45. The molecule has 0 radical (unpaired) electrons. The molecule has 0 aliphatic heterocycles. The number of hydrazine groups is 1. The van der Waals surface area contributed by atoms with Crippen LogP contribution in [0.1, 0.15) is 71.1 Å². The second kappa shape index (κ2) is 8.26. The van der Waals surface area contributed by atoms with Crippen LogP contribution in [0, 0.1) is 11.8 Å². The van der Waals surface area contributed by atoms with Gasteiger partial charge in [0.25, 0.3) is 0 Å². The summed E-state index contributed by atoms with van der Waals surface area (Å²) in [5.74, 6) is 1.92. The summed E-state index contributed by atoms with van der Waals surface area (Å²) < 4.78 is 0. The van der Waals surface area contributed by atoms with Gasteiger partial charge in [0.15, 0.2) is 0 Å². The van der Waals surface area contributed by atoms with Crippen molar-refractivity contribution in [3.05, 3.63) is 0 Å². The van der Waals surface area contributed by atoms with Crippen LogP contribution in [0.25, 0.3) is 0 Å². The van der Waals surface area contributed by atoms with E-state index in [9.17, 15) is 0 Å². The molecule has 0 atom stereocenters. The van der Waals surface area contributed by atoms with Gasteiger partial charge in [-0.1, -0.05) is 45.4 Å². The highest BCUT2D eigenvalue weighted by Gasteiger charge is 2.21. The van der Waals surface area contributed by atoms with Crippen LogP contribution in [0.2, 0.25) is 0 Å². The molecule has 19 heavy (non-hydrogen) atoms. The quantitative estimate of drug-likeness (QED) is 0.661. The van der Waals surface area contributed by atoms with Crippen molar-refractivity contribution in [2.24, 2.45) is 11.8 Å². The zero-order chi connectivity index (χ0) is 13.5. The fraction of sp³-hybridized carbons (Fsp3) is 1.00. The molecular formula is C17H34N2. The average Bonchev–Trinajstić information content (AvgIpc) is 2.47. The third kappa shape index (κ3) is 5.07. The van der Waals surface area contributed by atoms with Crippen molar-refractivity contribution in [3.8, 4) is 0 Å². The molecule has 2 heteroatoms. The van der Waals surface area contributed by atoms with Crippen molar-refractivity contribution in [2.45, 2.75) is 71.1 Å². The van der Waals surface area contributed by atoms with Crippen LogP contribution >= 0.6 is 0 Å². The fourth-order valence-electron chi connectivity index (χ4n) is 4.04. The van der Waals surface area contributed by atoms with E-state index in [0.717, 1.165) is 11.8 Å². The van der Waals surface area contributed by atoms with Crippen LogP contribution in [-0.4, -0.2) is 36.7 Å². The Morgan fingerprint density at radius 2 is 1.21 bits per heavy atom. The monoisotopic (exact) mass is 266 g/mol. The van der Waals surface area contributed by atoms with Gasteiger partial charge < -0.3 is 0 Å². The van der Waals surface area contributed by atoms with E-state index in [1.165, 1.54) is 83.8 Å². The highest BCUT2D eigenvalue weighted by molar-refractivity contribution is 4.72. The molecule has 0 unspecified atom stereocenters. The molecule has 0 bridgehead atoms. The molecule has 0 aromatic carbocycles. The highest BCUT2D eigenvalue weighted by Crippen LogP contribution is 2.27. The van der Waals surface area contributed by atoms with Gasteiger partial charge in [0.2, 0.25) is 0 Å². The molecular weight excluding hydrogens is 232 g/mol. The molecule has 2 saturated carbocycles. The molecule has 2 nitrogen and oxygen atoms in total. The topological polar surface area (TPSA) is 6.48 Å². The number of rotatable bonds is 6. The first kappa shape index (κ1) is 15.3. The van der Waals surface area contributed by atoms with E-state index in [2.05, 4.69) is 24.0 Å². The normalized spacial score (nSPS) is 23.4. The lowest BCUT2D eigenvalue weighted by Gasteiger charge is -2.37. The summed E-state index contributed by atoms with van der Waals surface area (Å²) in [5, 5.41) is 5.16. The van der Waals surface area contributed by atoms with E-state index < -0.39 is 0 Å². The third-order valence-corrected chi connectivity index (χ3v) is 5.29. The summed E-state index contributed by atoms with van der Waals surface area (Å²) in [6.07, 6.45) is 14.7. The lowest BCUT2D eigenvalue weighted by atomic mass is 9.88. The zero-order valence-corrected chi connectivity index (χ0v) is 13.2. The van der Waals surface area contributed by atoms with Crippen LogP contribution in [0.5, 0.6) is 0 Å². The van der Waals surface area contributed by atoms with E-state index in [0.29, 0.717) is 0 Å². The molecule has 0 heterocycles. The van der Waals surface area contributed by atoms with Gasteiger partial charge in [0.05, 0.1) is 0 Å². The van der Waals surface area contributed by atoms with Gasteiger partial charge >= 0.3 is 0 Å². The molecule has 2 rings (SSSR count). The van der Waals surface area contributed by atoms with Gasteiger partial charge in [-0.2, -0.15) is 0 Å². The second-order valence-corrected chi connectivity index (χ2v) is 6.85. The van der Waals surface area contributed by atoms with Crippen LogP contribution in [0.3, 0.4) is 0 Å². The molecule has 2 aliphatic rings. The van der Waals surface area contributed by atoms with E-state index in [1.54, 1.807) is 0 Å². The Bertz CT molecular complexity index is 229. The van der Waals surface area contributed by atoms with Gasteiger partial charge in [0.1, 0.15) is 0 Å². The second-order valence-electron chi connectivity index (χ2n) is 6.85. The third-order valence-electron chi connectivity index (χ3n) is 5.29. The van der Waals surface area contributed by atoms with Gasteiger partial charge in [-0.05, 0) is 37.5 Å². The molecule has 0 spiro atoms. The summed E-state index contributed by atoms with van der Waals surface area (Å²) in [4.78, 5) is 0. The van der Waals surface area contributed by atoms with Crippen molar-refractivity contribution in [1.82, 2.24) is 10.0 Å². The Balaban J connectivity index is 1.74. The standard InChI is InChI=1S/C17H34N2/c1-3-19(15-17-12-8-5-9-13-17)18(2)14-16-10-6-4-7-11-16/h16-17H,3-15H2,1-2H3. The maximum atomic E-state index is 2.62. The first-order valence-corrected chi connectivity index (χ1v) is 8.75. The summed E-state index contributed by atoms with van der Waals surface area (Å²) >= 11 is 0. The molecule has 2 aliphatic carbocycles. The van der Waals surface area contributed by atoms with Crippen molar-refractivity contribution in [2.75, 3.05) is 26.7 Å². The zero-order valence-electron chi connectivity index (χ0n) is 13.2. The number of hydrogen-bond acceptors (Lipinski definition) is 2. The summed E-state index contributed by atoms with van der Waals surface area (Å²) in [6.45, 7) is 6.10. The first-order valence-electron chi connectivity index (χ1n) is 8.75. The molecule has 0 amide bonds. The van der Waals surface area contributed by atoms with E-state index >= 15 is 0 Å². The maximum absolute atomic E-state index is 2.62. The Morgan fingerprint density at radius 3 is 1.68 bits per heavy atom. The fourth-order valence-corrected chi connectivity index (χ4v) is 4.04. The largest absolute Gasteiger partial charge is 0.245 e. The maximum Gasteiger partial charge on any atom is 0.0161 e. The Morgan fingerprint density at radius 1 is 0.737 bits per heavy atom. The first-order chi connectivity index (χ1) is 9.29. The molecule has 0 aromatic heterocycles. The predicted molar refractivity (Wildman–Crippen MR) is 83.0 cm³/mol. The molecule has 0 N–H and O–H groups in total. The average molecular weight is 266 g/mol. The summed E-state index contributed by atoms with van der Waals surface area (Å²) in [5.41, 5.74) is 0. The lowest BCUT2D eigenvalue weighted by molar-refractivity contribution is -0.0282. The number of nitrogens with zero attached hydrogens (tertiary/aromatic N) is 2. The van der Waals surface area contributed by atoms with Crippen molar-refractivity contribution < 1.29 is 0 Å². The van der Waals surface area contributed by atoms with Crippen molar-refractivity contribution in [3.63, 3.8) is 0 Å². The minimum atomic E-state index is 0.958. The van der Waals surface area contributed by atoms with Crippen molar-refractivity contribution in [1.29, 1.82) is 0 Å². The minimum Gasteiger partial charge on any atom is -0.245 e. The van der Waals surface area contributed by atoms with Crippen molar-refractivity contribution >= 4 is 0 Å². The van der Waals surface area contributed by atoms with Crippen LogP contribution in [0.15, 0.2) is 0 Å². The Labute approximate surface area is 120 Å². The molecule has 2 fully saturated rings. The van der Waals surface area contributed by atoms with E-state index in [-0.39, 0.29) is 0 Å². The van der Waals surface area contributed by atoms with Crippen LogP contribution in [0.4, 0.5) is 0 Å². The van der Waals surface area contributed by atoms with Crippen LogP contribution < -0.4 is 0 Å². The van der Waals surface area contributed by atoms with Gasteiger partial charge in [-0.25, -0.2) is 10.0 Å². The Kier molecular flexibility index (Phi) is 6.66. The van der Waals surface area contributed by atoms with E-state index in [1.807, 2.05) is 0 Å². The van der Waals surface area contributed by atoms with Crippen LogP contribution in [-0.2, 0) is 0 Å². The van der Waals surface area contributed by atoms with Gasteiger partial charge in [-0.15, -0.1) is 0 Å². The predicted octanol–water partition coefficient (Wildman–Crippen LogP) is 4.32. The SMILES string of the molecule is CCN(CC1CCCCC1)N(C)CC1CCCCC1. The molecule has 112 valence electrons. The smallest absolute Gasteiger partial charge is 0.0161 e. The highest BCUT2D eigenvalue weighted by atomic mass is 15.6. The number of hydrogen-bond donors (Lipinski definition) is 0. The minimum absolute atomic E-state index is 0.958. The summed E-state index contributed by atoms with van der Waals surface area (Å²) in [7, 11) is 2.32. The van der Waals surface area contributed by atoms with E-state index in [4.69, 9.17) is 0 Å². The Hall–Kier alpha value is -0.0800. The van der Waals surface area contributed by atoms with Gasteiger partial charge in [-0.3, -0.25) is 0 Å². The molecule has 0 aromatic rings. The van der Waals surface area contributed by atoms with Gasteiger partial charge in [0, 0.05) is 26.7 Å².